The van der Waals surface area contributed by atoms with Gasteiger partial charge in [-0.1, -0.05) is 30.3 Å². The van der Waals surface area contributed by atoms with E-state index in [4.69, 9.17) is 0 Å². The fourth-order valence-electron chi connectivity index (χ4n) is 3.03. The Morgan fingerprint density at radius 1 is 1.00 bits per heavy atom. The van der Waals surface area contributed by atoms with Crippen LogP contribution in [0.2, 0.25) is 0 Å². The maximum Gasteiger partial charge on any atom is 0.271 e. The van der Waals surface area contributed by atoms with Gasteiger partial charge in [-0.2, -0.15) is 0 Å². The van der Waals surface area contributed by atoms with Gasteiger partial charge in [0.2, 0.25) is 0 Å². The smallest absolute Gasteiger partial charge is 0.271 e. The molecule has 0 saturated carbocycles. The first-order valence-electron chi connectivity index (χ1n) is 9.60. The number of rotatable bonds is 8. The Hall–Kier alpha value is -3.67. The predicted octanol–water partition coefficient (Wildman–Crippen LogP) is 5.94. The van der Waals surface area contributed by atoms with Crippen molar-refractivity contribution in [1.82, 2.24) is 0 Å². The third-order valence-electron chi connectivity index (χ3n) is 4.62. The van der Waals surface area contributed by atoms with Crippen LogP contribution in [0, 0.1) is 10.1 Å². The van der Waals surface area contributed by atoms with E-state index >= 15 is 0 Å². The molecule has 3 rings (SSSR count). The van der Waals surface area contributed by atoms with Crippen molar-refractivity contribution in [3.05, 3.63) is 88.5 Å². The minimum atomic E-state index is -0.413. The third-order valence-corrected chi connectivity index (χ3v) is 4.62. The van der Waals surface area contributed by atoms with E-state index in [1.54, 1.807) is 12.3 Å². The number of aliphatic imine (C=N–C) groups is 1. The summed E-state index contributed by atoms with van der Waals surface area (Å²) >= 11 is 0. The molecule has 1 N–H and O–H groups in total. The highest BCUT2D eigenvalue weighted by atomic mass is 16.6. The Kier molecular flexibility index (Phi) is 6.58. The number of nitrogens with one attached hydrogen (secondary N) is 1. The van der Waals surface area contributed by atoms with Crippen LogP contribution in [-0.4, -0.2) is 24.2 Å². The molecule has 0 amide bonds. The molecule has 0 aliphatic rings. The summed E-state index contributed by atoms with van der Waals surface area (Å²) in [5.74, 6) is 0. The average Bonchev–Trinajstić information content (AvgIpc) is 2.75. The van der Waals surface area contributed by atoms with Gasteiger partial charge in [0.25, 0.3) is 5.69 Å². The van der Waals surface area contributed by atoms with Gasteiger partial charge in [0.1, 0.15) is 0 Å². The molecule has 3 aromatic carbocycles. The van der Waals surface area contributed by atoms with Crippen molar-refractivity contribution in [3.8, 4) is 0 Å². The van der Waals surface area contributed by atoms with Crippen molar-refractivity contribution in [3.63, 3.8) is 0 Å². The Balaban J connectivity index is 1.87. The quantitative estimate of drug-likeness (QED) is 0.295. The first kappa shape index (κ1) is 20.1. The molecule has 6 heteroatoms. The van der Waals surface area contributed by atoms with Crippen LogP contribution in [0.15, 0.2) is 77.8 Å². The van der Waals surface area contributed by atoms with Gasteiger partial charge in [-0.3, -0.25) is 15.1 Å². The number of hydrogen-bond acceptors (Lipinski definition) is 5. The fraction of sp³-hybridized carbons (Fsp3) is 0.174. The topological polar surface area (TPSA) is 70.8 Å². The lowest BCUT2D eigenvalue weighted by molar-refractivity contribution is -0.384. The fourth-order valence-corrected chi connectivity index (χ4v) is 3.03. The molecule has 0 unspecified atom stereocenters. The summed E-state index contributed by atoms with van der Waals surface area (Å²) in [6, 6.07) is 22.4. The van der Waals surface area contributed by atoms with E-state index in [2.05, 4.69) is 41.2 Å². The SMILES string of the molecule is CCN(CC)c1ccc(C=Nc2cc([N+](=O)[O-])ccc2Nc2ccccc2)cc1. The third kappa shape index (κ3) is 5.19. The zero-order chi connectivity index (χ0) is 20.6. The van der Waals surface area contributed by atoms with Crippen LogP contribution in [0.25, 0.3) is 0 Å². The van der Waals surface area contributed by atoms with E-state index in [0.717, 1.165) is 30.0 Å². The Labute approximate surface area is 170 Å². The van der Waals surface area contributed by atoms with Crippen LogP contribution in [0.1, 0.15) is 19.4 Å². The van der Waals surface area contributed by atoms with Crippen molar-refractivity contribution in [2.45, 2.75) is 13.8 Å². The van der Waals surface area contributed by atoms with Crippen LogP contribution in [0.5, 0.6) is 0 Å². The highest BCUT2D eigenvalue weighted by Gasteiger charge is 2.10. The molecule has 0 atom stereocenters. The second-order valence-electron chi connectivity index (χ2n) is 6.47. The van der Waals surface area contributed by atoms with Gasteiger partial charge < -0.3 is 10.2 Å². The highest BCUT2D eigenvalue weighted by molar-refractivity contribution is 5.86. The molecule has 0 aliphatic heterocycles. The van der Waals surface area contributed by atoms with Crippen molar-refractivity contribution in [2.24, 2.45) is 4.99 Å². The lowest BCUT2D eigenvalue weighted by Gasteiger charge is -2.20. The summed E-state index contributed by atoms with van der Waals surface area (Å²) in [5, 5.41) is 14.5. The van der Waals surface area contributed by atoms with Gasteiger partial charge in [0.05, 0.1) is 16.3 Å². The minimum absolute atomic E-state index is 0.00708. The second kappa shape index (κ2) is 9.50. The summed E-state index contributed by atoms with van der Waals surface area (Å²) in [7, 11) is 0. The summed E-state index contributed by atoms with van der Waals surface area (Å²) in [6.45, 7) is 6.16. The summed E-state index contributed by atoms with van der Waals surface area (Å²) in [6.07, 6.45) is 1.72. The molecule has 0 fully saturated rings. The first-order valence-corrected chi connectivity index (χ1v) is 9.60. The number of nitrogens with zero attached hydrogens (tertiary/aromatic N) is 3. The standard InChI is InChI=1S/C23H24N4O2/c1-3-26(4-2)20-12-10-18(11-13-20)17-24-23-16-21(27(28)29)14-15-22(23)25-19-8-6-5-7-9-19/h5-17,25H,3-4H2,1-2H3. The lowest BCUT2D eigenvalue weighted by atomic mass is 10.2. The molecule has 29 heavy (non-hydrogen) atoms. The number of anilines is 3. The van der Waals surface area contributed by atoms with Crippen molar-refractivity contribution in [1.29, 1.82) is 0 Å². The van der Waals surface area contributed by atoms with Gasteiger partial charge >= 0.3 is 0 Å². The van der Waals surface area contributed by atoms with E-state index in [9.17, 15) is 10.1 Å². The Morgan fingerprint density at radius 3 is 2.31 bits per heavy atom. The monoisotopic (exact) mass is 388 g/mol. The summed E-state index contributed by atoms with van der Waals surface area (Å²) < 4.78 is 0. The van der Waals surface area contributed by atoms with Gasteiger partial charge in [-0.15, -0.1) is 0 Å². The Morgan fingerprint density at radius 2 is 1.69 bits per heavy atom. The van der Waals surface area contributed by atoms with Crippen LogP contribution >= 0.6 is 0 Å². The predicted molar refractivity (Wildman–Crippen MR) is 120 cm³/mol. The molecule has 0 spiro atoms. The van der Waals surface area contributed by atoms with Crippen molar-refractivity contribution >= 4 is 34.7 Å². The molecule has 3 aromatic rings. The molecule has 148 valence electrons. The van der Waals surface area contributed by atoms with Crippen LogP contribution in [0.4, 0.5) is 28.4 Å². The molecular formula is C23H24N4O2. The first-order chi connectivity index (χ1) is 14.1. The maximum absolute atomic E-state index is 11.2. The van der Waals surface area contributed by atoms with Gasteiger partial charge in [-0.05, 0) is 49.7 Å². The average molecular weight is 388 g/mol. The number of para-hydroxylation sites is 1. The number of nitro benzene ring substituents is 1. The summed E-state index contributed by atoms with van der Waals surface area (Å²) in [5.41, 5.74) is 4.20. The Bertz CT molecular complexity index is 982. The molecule has 0 aromatic heterocycles. The second-order valence-corrected chi connectivity index (χ2v) is 6.47. The van der Waals surface area contributed by atoms with Gasteiger partial charge in [-0.25, -0.2) is 0 Å². The number of nitro groups is 1. The maximum atomic E-state index is 11.2. The highest BCUT2D eigenvalue weighted by Crippen LogP contribution is 2.32. The van der Waals surface area contributed by atoms with E-state index in [0.29, 0.717) is 11.4 Å². The molecular weight excluding hydrogens is 364 g/mol. The van der Waals surface area contributed by atoms with Crippen molar-refractivity contribution in [2.75, 3.05) is 23.3 Å². The molecule has 6 nitrogen and oxygen atoms in total. The minimum Gasteiger partial charge on any atom is -0.372 e. The van der Waals surface area contributed by atoms with E-state index in [-0.39, 0.29) is 5.69 Å². The van der Waals surface area contributed by atoms with Crippen LogP contribution < -0.4 is 10.2 Å². The molecule has 0 saturated heterocycles. The van der Waals surface area contributed by atoms with Crippen LogP contribution in [0.3, 0.4) is 0 Å². The number of non-ortho nitro benzene ring substituents is 1. The largest absolute Gasteiger partial charge is 0.372 e. The number of hydrogen-bond donors (Lipinski definition) is 1. The number of benzene rings is 3. The van der Waals surface area contributed by atoms with Crippen LogP contribution in [-0.2, 0) is 0 Å². The van der Waals surface area contributed by atoms with E-state index in [1.165, 1.54) is 12.1 Å². The molecule has 0 heterocycles. The molecule has 0 bridgehead atoms. The normalized spacial score (nSPS) is 10.8. The van der Waals surface area contributed by atoms with E-state index < -0.39 is 4.92 Å². The zero-order valence-corrected chi connectivity index (χ0v) is 16.6. The van der Waals surface area contributed by atoms with Gasteiger partial charge in [0, 0.05) is 42.8 Å². The molecule has 0 aliphatic carbocycles. The van der Waals surface area contributed by atoms with E-state index in [1.807, 2.05) is 42.5 Å². The molecule has 0 radical (unpaired) electrons. The van der Waals surface area contributed by atoms with Gasteiger partial charge in [0.15, 0.2) is 0 Å². The van der Waals surface area contributed by atoms with Crippen molar-refractivity contribution < 1.29 is 4.92 Å². The lowest BCUT2D eigenvalue weighted by Crippen LogP contribution is -2.21. The summed E-state index contributed by atoms with van der Waals surface area (Å²) in [4.78, 5) is 17.6. The zero-order valence-electron chi connectivity index (χ0n) is 16.6.